The Morgan fingerprint density at radius 2 is 1.54 bits per heavy atom. The summed E-state index contributed by atoms with van der Waals surface area (Å²) in [5.74, 6) is -0.342. The average Bonchev–Trinajstić information content (AvgIpc) is 2.63. The van der Waals surface area contributed by atoms with Gasteiger partial charge in [-0.15, -0.1) is 13.2 Å². The molecule has 0 unspecified atom stereocenters. The molecular formula is C19H19ClN2O3S. The van der Waals surface area contributed by atoms with Crippen LogP contribution in [0.2, 0.25) is 5.02 Å². The van der Waals surface area contributed by atoms with E-state index in [0.717, 1.165) is 0 Å². The lowest BCUT2D eigenvalue weighted by molar-refractivity contribution is 0.102. The van der Waals surface area contributed by atoms with Crippen molar-refractivity contribution < 1.29 is 13.2 Å². The van der Waals surface area contributed by atoms with Crippen molar-refractivity contribution in [3.8, 4) is 0 Å². The smallest absolute Gasteiger partial charge is 0.255 e. The van der Waals surface area contributed by atoms with Gasteiger partial charge >= 0.3 is 0 Å². The molecule has 0 saturated carbocycles. The zero-order valence-corrected chi connectivity index (χ0v) is 15.6. The van der Waals surface area contributed by atoms with Gasteiger partial charge in [0.1, 0.15) is 0 Å². The molecule has 2 aromatic rings. The summed E-state index contributed by atoms with van der Waals surface area (Å²) in [7, 11) is -3.69. The molecule has 2 rings (SSSR count). The molecule has 7 heteroatoms. The summed E-state index contributed by atoms with van der Waals surface area (Å²) in [6.45, 7) is 7.49. The quantitative estimate of drug-likeness (QED) is 0.694. The minimum atomic E-state index is -3.69. The van der Waals surface area contributed by atoms with Crippen LogP contribution in [-0.4, -0.2) is 31.7 Å². The molecule has 136 valence electrons. The van der Waals surface area contributed by atoms with Crippen LogP contribution in [0.5, 0.6) is 0 Å². The lowest BCUT2D eigenvalue weighted by atomic mass is 10.2. The summed E-state index contributed by atoms with van der Waals surface area (Å²) in [5, 5.41) is 3.29. The van der Waals surface area contributed by atoms with Crippen LogP contribution in [0.3, 0.4) is 0 Å². The van der Waals surface area contributed by atoms with E-state index in [1.165, 1.54) is 40.7 Å². The molecule has 26 heavy (non-hydrogen) atoms. The Hall–Kier alpha value is -2.41. The number of benzene rings is 2. The highest BCUT2D eigenvalue weighted by atomic mass is 35.5. The molecule has 0 atom stereocenters. The Balaban J connectivity index is 2.18. The van der Waals surface area contributed by atoms with Crippen LogP contribution in [0.4, 0.5) is 5.69 Å². The number of hydrogen-bond donors (Lipinski definition) is 1. The molecule has 0 aliphatic heterocycles. The minimum Gasteiger partial charge on any atom is -0.322 e. The van der Waals surface area contributed by atoms with Crippen LogP contribution >= 0.6 is 11.6 Å². The predicted molar refractivity (Wildman–Crippen MR) is 105 cm³/mol. The second-order valence-electron chi connectivity index (χ2n) is 5.38. The first-order chi connectivity index (χ1) is 12.4. The molecule has 0 bridgehead atoms. The number of sulfonamides is 1. The Morgan fingerprint density at radius 3 is 2.04 bits per heavy atom. The predicted octanol–water partition coefficient (Wildman–Crippen LogP) is 3.96. The molecule has 0 radical (unpaired) electrons. The summed E-state index contributed by atoms with van der Waals surface area (Å²) < 4.78 is 26.5. The highest BCUT2D eigenvalue weighted by molar-refractivity contribution is 7.89. The van der Waals surface area contributed by atoms with Crippen LogP contribution < -0.4 is 5.32 Å². The maximum atomic E-state index is 12.6. The van der Waals surface area contributed by atoms with Crippen molar-refractivity contribution in [2.45, 2.75) is 4.90 Å². The largest absolute Gasteiger partial charge is 0.322 e. The molecule has 1 N–H and O–H groups in total. The zero-order valence-electron chi connectivity index (χ0n) is 14.1. The van der Waals surface area contributed by atoms with Gasteiger partial charge in [-0.1, -0.05) is 23.8 Å². The third kappa shape index (κ3) is 4.82. The van der Waals surface area contributed by atoms with Gasteiger partial charge in [-0.25, -0.2) is 8.42 Å². The first-order valence-electron chi connectivity index (χ1n) is 7.77. The number of anilines is 1. The van der Waals surface area contributed by atoms with Gasteiger partial charge in [0.05, 0.1) is 4.90 Å². The number of carbonyl (C=O) groups is 1. The number of amides is 1. The number of hydrogen-bond acceptors (Lipinski definition) is 3. The normalized spacial score (nSPS) is 11.2. The second kappa shape index (κ2) is 8.80. The van der Waals surface area contributed by atoms with Gasteiger partial charge in [0.25, 0.3) is 5.91 Å². The van der Waals surface area contributed by atoms with Crippen LogP contribution in [-0.2, 0) is 10.0 Å². The number of nitrogens with one attached hydrogen (secondary N) is 1. The maximum Gasteiger partial charge on any atom is 0.255 e. The van der Waals surface area contributed by atoms with E-state index in [9.17, 15) is 13.2 Å². The van der Waals surface area contributed by atoms with E-state index >= 15 is 0 Å². The van der Waals surface area contributed by atoms with E-state index in [1.54, 1.807) is 24.3 Å². The van der Waals surface area contributed by atoms with Crippen molar-refractivity contribution in [2.24, 2.45) is 0 Å². The van der Waals surface area contributed by atoms with Crippen LogP contribution in [0.15, 0.2) is 78.7 Å². The van der Waals surface area contributed by atoms with Crippen molar-refractivity contribution in [1.82, 2.24) is 4.31 Å². The van der Waals surface area contributed by atoms with Crippen LogP contribution in [0.1, 0.15) is 10.4 Å². The van der Waals surface area contributed by atoms with Crippen molar-refractivity contribution in [3.63, 3.8) is 0 Å². The average molecular weight is 391 g/mol. The van der Waals surface area contributed by atoms with Gasteiger partial charge in [-0.05, 0) is 48.5 Å². The highest BCUT2D eigenvalue weighted by Gasteiger charge is 2.22. The molecule has 0 aliphatic carbocycles. The van der Waals surface area contributed by atoms with Gasteiger partial charge in [0.2, 0.25) is 10.0 Å². The fourth-order valence-corrected chi connectivity index (χ4v) is 3.73. The monoisotopic (exact) mass is 390 g/mol. The Labute approximate surface area is 158 Å². The number of carbonyl (C=O) groups excluding carboxylic acids is 1. The molecule has 0 fully saturated rings. The lowest BCUT2D eigenvalue weighted by Gasteiger charge is -2.19. The van der Waals surface area contributed by atoms with Gasteiger partial charge in [0, 0.05) is 29.4 Å². The molecule has 5 nitrogen and oxygen atoms in total. The molecule has 0 spiro atoms. The second-order valence-corrected chi connectivity index (χ2v) is 7.76. The van der Waals surface area contributed by atoms with Gasteiger partial charge < -0.3 is 5.32 Å². The van der Waals surface area contributed by atoms with Gasteiger partial charge in [0.15, 0.2) is 0 Å². The van der Waals surface area contributed by atoms with Gasteiger partial charge in [-0.3, -0.25) is 4.79 Å². The van der Waals surface area contributed by atoms with E-state index in [2.05, 4.69) is 18.5 Å². The zero-order chi connectivity index (χ0) is 19.2. The molecule has 0 aliphatic rings. The Kier molecular flexibility index (Phi) is 6.74. The van der Waals surface area contributed by atoms with Crippen LogP contribution in [0.25, 0.3) is 0 Å². The third-order valence-corrected chi connectivity index (χ3v) is 5.62. The minimum absolute atomic E-state index is 0.101. The van der Waals surface area contributed by atoms with E-state index < -0.39 is 10.0 Å². The maximum absolute atomic E-state index is 12.6. The van der Waals surface area contributed by atoms with E-state index in [4.69, 9.17) is 11.6 Å². The third-order valence-electron chi connectivity index (χ3n) is 3.52. The topological polar surface area (TPSA) is 66.5 Å². The first kappa shape index (κ1) is 19.9. The molecule has 1 amide bonds. The van der Waals surface area contributed by atoms with Crippen molar-refractivity contribution in [2.75, 3.05) is 18.4 Å². The number of rotatable bonds is 8. The van der Waals surface area contributed by atoms with Crippen molar-refractivity contribution in [3.05, 3.63) is 84.4 Å². The Morgan fingerprint density at radius 1 is 1.00 bits per heavy atom. The molecule has 0 heterocycles. The standard InChI is InChI=1S/C19H19ClN2O3S/c1-3-13-22(14-4-2)26(24,25)18-11-5-15(6-12-18)19(23)21-17-9-7-16(20)8-10-17/h3-12H,1-2,13-14H2,(H,21,23). The summed E-state index contributed by atoms with van der Waals surface area (Å²) in [5.41, 5.74) is 0.942. The van der Waals surface area contributed by atoms with Crippen molar-refractivity contribution >= 4 is 33.2 Å². The van der Waals surface area contributed by atoms with E-state index in [-0.39, 0.29) is 23.9 Å². The lowest BCUT2D eigenvalue weighted by Crippen LogP contribution is -2.31. The fraction of sp³-hybridized carbons (Fsp3) is 0.105. The summed E-state index contributed by atoms with van der Waals surface area (Å²) in [4.78, 5) is 12.4. The molecule has 0 aromatic heterocycles. The Bertz CT molecular complexity index is 881. The number of halogens is 1. The number of nitrogens with zero attached hydrogens (tertiary/aromatic N) is 1. The van der Waals surface area contributed by atoms with Gasteiger partial charge in [-0.2, -0.15) is 4.31 Å². The van der Waals surface area contributed by atoms with Crippen molar-refractivity contribution in [1.29, 1.82) is 0 Å². The molecular weight excluding hydrogens is 372 g/mol. The van der Waals surface area contributed by atoms with E-state index in [0.29, 0.717) is 16.3 Å². The van der Waals surface area contributed by atoms with Crippen LogP contribution in [0, 0.1) is 0 Å². The summed E-state index contributed by atoms with van der Waals surface area (Å²) >= 11 is 5.81. The van der Waals surface area contributed by atoms with E-state index in [1.807, 2.05) is 0 Å². The summed E-state index contributed by atoms with van der Waals surface area (Å²) in [6, 6.07) is 12.5. The summed E-state index contributed by atoms with van der Waals surface area (Å²) in [6.07, 6.45) is 3.02. The highest BCUT2D eigenvalue weighted by Crippen LogP contribution is 2.18. The molecule has 2 aromatic carbocycles. The SMILES string of the molecule is C=CCN(CC=C)S(=O)(=O)c1ccc(C(=O)Nc2ccc(Cl)cc2)cc1. The molecule has 0 saturated heterocycles. The fourth-order valence-electron chi connectivity index (χ4n) is 2.22. The first-order valence-corrected chi connectivity index (χ1v) is 9.59.